The zero-order valence-electron chi connectivity index (χ0n) is 14.2. The van der Waals surface area contributed by atoms with E-state index in [4.69, 9.17) is 12.2 Å². The number of aryl methyl sites for hydroxylation is 1. The molecule has 0 fully saturated rings. The van der Waals surface area contributed by atoms with Crippen molar-refractivity contribution in [1.82, 2.24) is 0 Å². The Hall–Kier alpha value is -0.540. The molecule has 0 heterocycles. The monoisotopic (exact) mass is 337 g/mol. The number of nitrogens with one attached hydrogen (secondary N) is 1. The normalized spacial score (nSPS) is 10.7. The molecule has 0 amide bonds. The third kappa shape index (κ3) is 7.64. The summed E-state index contributed by atoms with van der Waals surface area (Å²) < 4.78 is 0.554. The van der Waals surface area contributed by atoms with Crippen molar-refractivity contribution in [3.63, 3.8) is 0 Å². The highest BCUT2D eigenvalue weighted by Crippen LogP contribution is 2.25. The van der Waals surface area contributed by atoms with Crippen molar-refractivity contribution < 1.29 is 0 Å². The topological polar surface area (TPSA) is 12.0 Å². The van der Waals surface area contributed by atoms with Gasteiger partial charge in [0.05, 0.1) is 0 Å². The zero-order chi connectivity index (χ0) is 16.2. The van der Waals surface area contributed by atoms with E-state index in [0.717, 1.165) is 12.1 Å². The number of hydrogen-bond acceptors (Lipinski definition) is 1. The molecule has 124 valence electrons. The van der Waals surface area contributed by atoms with Crippen LogP contribution in [0.15, 0.2) is 18.2 Å². The molecule has 1 N–H and O–H groups in total. The van der Waals surface area contributed by atoms with Crippen molar-refractivity contribution in [2.45, 2.75) is 78.1 Å². The fourth-order valence-electron chi connectivity index (χ4n) is 2.87. The minimum Gasteiger partial charge on any atom is -0.341 e. The maximum absolute atomic E-state index is 5.11. The van der Waals surface area contributed by atoms with Crippen LogP contribution >= 0.6 is 24.8 Å². The SMILES string of the molecule is CCCCCCc1cccc(NC(=S)S)c1CCCCCC. The largest absolute Gasteiger partial charge is 0.341 e. The van der Waals surface area contributed by atoms with Crippen molar-refractivity contribution in [3.05, 3.63) is 29.3 Å². The molecule has 0 unspecified atom stereocenters. The summed E-state index contributed by atoms with van der Waals surface area (Å²) in [5, 5.41) is 3.25. The third-order valence-corrected chi connectivity index (χ3v) is 4.31. The molecule has 3 heteroatoms. The van der Waals surface area contributed by atoms with Crippen molar-refractivity contribution in [2.75, 3.05) is 5.32 Å². The summed E-state index contributed by atoms with van der Waals surface area (Å²) in [5.41, 5.74) is 4.10. The first-order chi connectivity index (χ1) is 10.7. The van der Waals surface area contributed by atoms with E-state index in [9.17, 15) is 0 Å². The molecule has 0 saturated carbocycles. The summed E-state index contributed by atoms with van der Waals surface area (Å²) in [7, 11) is 0. The number of rotatable bonds is 11. The van der Waals surface area contributed by atoms with Gasteiger partial charge in [-0.15, -0.1) is 12.6 Å². The number of hydrogen-bond donors (Lipinski definition) is 2. The predicted octanol–water partition coefficient (Wildman–Crippen LogP) is 6.56. The molecule has 0 aliphatic heterocycles. The molecule has 1 rings (SSSR count). The van der Waals surface area contributed by atoms with Gasteiger partial charge in [-0.1, -0.05) is 76.7 Å². The summed E-state index contributed by atoms with van der Waals surface area (Å²) in [6.07, 6.45) is 12.7. The molecule has 1 aromatic rings. The summed E-state index contributed by atoms with van der Waals surface area (Å²) >= 11 is 9.34. The van der Waals surface area contributed by atoms with Gasteiger partial charge in [0.2, 0.25) is 0 Å². The lowest BCUT2D eigenvalue weighted by Crippen LogP contribution is -2.07. The van der Waals surface area contributed by atoms with Crippen LogP contribution in [0.1, 0.15) is 76.3 Å². The van der Waals surface area contributed by atoms with Crippen molar-refractivity contribution in [1.29, 1.82) is 0 Å². The van der Waals surface area contributed by atoms with E-state index in [1.807, 2.05) is 0 Å². The van der Waals surface area contributed by atoms with Gasteiger partial charge in [0.25, 0.3) is 0 Å². The minimum absolute atomic E-state index is 0.554. The van der Waals surface area contributed by atoms with E-state index in [1.165, 1.54) is 68.9 Å². The van der Waals surface area contributed by atoms with Crippen molar-refractivity contribution in [2.24, 2.45) is 0 Å². The van der Waals surface area contributed by atoms with Crippen LogP contribution in [-0.2, 0) is 12.8 Å². The van der Waals surface area contributed by atoms with Crippen LogP contribution in [-0.4, -0.2) is 4.32 Å². The van der Waals surface area contributed by atoms with E-state index in [0.29, 0.717) is 4.32 Å². The fourth-order valence-corrected chi connectivity index (χ4v) is 3.10. The lowest BCUT2D eigenvalue weighted by molar-refractivity contribution is 0.651. The lowest BCUT2D eigenvalue weighted by atomic mass is 9.95. The second kappa shape index (κ2) is 12.0. The van der Waals surface area contributed by atoms with E-state index in [1.54, 1.807) is 0 Å². The van der Waals surface area contributed by atoms with Gasteiger partial charge in [0.15, 0.2) is 0 Å². The smallest absolute Gasteiger partial charge is 0.135 e. The Kier molecular flexibility index (Phi) is 10.6. The molecule has 0 spiro atoms. The van der Waals surface area contributed by atoms with E-state index in [-0.39, 0.29) is 0 Å². The molecule has 22 heavy (non-hydrogen) atoms. The molecule has 1 aromatic carbocycles. The quantitative estimate of drug-likeness (QED) is 0.269. The zero-order valence-corrected chi connectivity index (χ0v) is 15.9. The van der Waals surface area contributed by atoms with Crippen LogP contribution in [0.5, 0.6) is 0 Å². The Balaban J connectivity index is 2.75. The average Bonchev–Trinajstić information content (AvgIpc) is 2.49. The highest BCUT2D eigenvalue weighted by molar-refractivity contribution is 8.11. The van der Waals surface area contributed by atoms with Crippen LogP contribution in [0.4, 0.5) is 5.69 Å². The van der Waals surface area contributed by atoms with Gasteiger partial charge in [-0.05, 0) is 42.9 Å². The van der Waals surface area contributed by atoms with Crippen molar-refractivity contribution in [3.8, 4) is 0 Å². The molecule has 0 aliphatic carbocycles. The number of thiocarbonyl (C=S) groups is 1. The van der Waals surface area contributed by atoms with Gasteiger partial charge in [0.1, 0.15) is 4.32 Å². The Morgan fingerprint density at radius 1 is 0.955 bits per heavy atom. The van der Waals surface area contributed by atoms with Gasteiger partial charge < -0.3 is 5.32 Å². The second-order valence-corrected chi connectivity index (χ2v) is 7.15. The highest BCUT2D eigenvalue weighted by Gasteiger charge is 2.09. The molecule has 0 aromatic heterocycles. The number of unbranched alkanes of at least 4 members (excludes halogenated alkanes) is 6. The maximum atomic E-state index is 5.11. The van der Waals surface area contributed by atoms with Crippen molar-refractivity contribution >= 4 is 34.9 Å². The molecular formula is C19H31NS2. The fraction of sp³-hybridized carbons (Fsp3) is 0.632. The summed E-state index contributed by atoms with van der Waals surface area (Å²) in [4.78, 5) is 0. The Bertz CT molecular complexity index is 443. The van der Waals surface area contributed by atoms with Crippen LogP contribution in [0.2, 0.25) is 0 Å². The lowest BCUT2D eigenvalue weighted by Gasteiger charge is -2.16. The first kappa shape index (κ1) is 19.5. The molecule has 1 nitrogen and oxygen atoms in total. The summed E-state index contributed by atoms with van der Waals surface area (Å²) in [6.45, 7) is 4.52. The van der Waals surface area contributed by atoms with Gasteiger partial charge in [-0.2, -0.15) is 0 Å². The van der Waals surface area contributed by atoms with Gasteiger partial charge in [-0.3, -0.25) is 0 Å². The third-order valence-electron chi connectivity index (χ3n) is 4.09. The molecule has 0 atom stereocenters. The predicted molar refractivity (Wildman–Crippen MR) is 107 cm³/mol. The molecule has 0 bridgehead atoms. The first-order valence-corrected chi connectivity index (χ1v) is 9.65. The Morgan fingerprint density at radius 3 is 2.18 bits per heavy atom. The number of benzene rings is 1. The number of thiol groups is 1. The van der Waals surface area contributed by atoms with Crippen LogP contribution in [0, 0.1) is 0 Å². The maximum Gasteiger partial charge on any atom is 0.135 e. The Labute approximate surface area is 147 Å². The minimum atomic E-state index is 0.554. The average molecular weight is 338 g/mol. The second-order valence-electron chi connectivity index (χ2n) is 5.99. The highest BCUT2D eigenvalue weighted by atomic mass is 32.1. The number of anilines is 1. The van der Waals surface area contributed by atoms with Crippen LogP contribution < -0.4 is 5.32 Å². The standard InChI is InChI=1S/C19H31NS2/c1-3-5-7-9-12-16-13-11-15-18(20-19(21)22)17(16)14-10-8-6-4-2/h11,13,15H,3-10,12,14H2,1-2H3,(H2,20,21,22). The van der Waals surface area contributed by atoms with Gasteiger partial charge >= 0.3 is 0 Å². The first-order valence-electron chi connectivity index (χ1n) is 8.79. The molecule has 0 radical (unpaired) electrons. The van der Waals surface area contributed by atoms with E-state index >= 15 is 0 Å². The molecule has 0 aliphatic rings. The van der Waals surface area contributed by atoms with E-state index in [2.05, 4.69) is 50.0 Å². The molecule has 0 saturated heterocycles. The van der Waals surface area contributed by atoms with Crippen LogP contribution in [0.3, 0.4) is 0 Å². The summed E-state index contributed by atoms with van der Waals surface area (Å²) in [5.74, 6) is 0. The Morgan fingerprint density at radius 2 is 1.59 bits per heavy atom. The van der Waals surface area contributed by atoms with Gasteiger partial charge in [0, 0.05) is 5.69 Å². The van der Waals surface area contributed by atoms with E-state index < -0.39 is 0 Å². The van der Waals surface area contributed by atoms with Crippen LogP contribution in [0.25, 0.3) is 0 Å². The van der Waals surface area contributed by atoms with Gasteiger partial charge in [-0.25, -0.2) is 0 Å². The molecular weight excluding hydrogens is 306 g/mol. The summed E-state index contributed by atoms with van der Waals surface area (Å²) in [6, 6.07) is 6.56.